The molecule has 0 atom stereocenters. The molecule has 1 heterocycles. The van der Waals surface area contributed by atoms with Crippen LogP contribution in [-0.2, 0) is 36.7 Å². The van der Waals surface area contributed by atoms with Crippen molar-refractivity contribution in [3.05, 3.63) is 107 Å². The second-order valence-electron chi connectivity index (χ2n) is 9.63. The highest BCUT2D eigenvalue weighted by Crippen LogP contribution is 2.37. The van der Waals surface area contributed by atoms with Gasteiger partial charge in [-0.1, -0.05) is 48.5 Å². The third-order valence-electron chi connectivity index (χ3n) is 6.59. The average Bonchev–Trinajstić information content (AvgIpc) is 2.95. The topological polar surface area (TPSA) is 45.7 Å². The highest BCUT2D eigenvalue weighted by molar-refractivity contribution is 5.82. The summed E-state index contributed by atoms with van der Waals surface area (Å²) in [5.74, 6) is 0.536. The first-order valence-electron chi connectivity index (χ1n) is 13.3. The summed E-state index contributed by atoms with van der Waals surface area (Å²) in [5, 5.41) is 0.759. The molecule has 0 saturated carbocycles. The molecule has 42 heavy (non-hydrogen) atoms. The van der Waals surface area contributed by atoms with E-state index in [1.807, 2.05) is 72.5 Å². The van der Waals surface area contributed by atoms with Crippen molar-refractivity contribution in [2.24, 2.45) is 0 Å². The number of carbonyl (C=O) groups excluding carboxylic acids is 1. The van der Waals surface area contributed by atoms with Crippen LogP contribution < -0.4 is 4.90 Å². The van der Waals surface area contributed by atoms with E-state index >= 15 is 0 Å². The standard InChI is InChI=1S/C31H29F6N3O2/c1-3-39(18-21-10-6-5-7-11-21)28-24(16-23-12-8-9-13-27(23)38-28)20-40(29(41)42-4-2)19-22-14-25(30(32,33)34)17-26(15-22)31(35,36)37/h5-17H,3-4,18-20H2,1-2H3. The number of carbonyl (C=O) groups is 1. The second-order valence-corrected chi connectivity index (χ2v) is 9.63. The van der Waals surface area contributed by atoms with Gasteiger partial charge in [0.15, 0.2) is 0 Å². The molecule has 0 radical (unpaired) electrons. The molecular weight excluding hydrogens is 560 g/mol. The zero-order valence-electron chi connectivity index (χ0n) is 23.0. The predicted octanol–water partition coefficient (Wildman–Crippen LogP) is 8.46. The second kappa shape index (κ2) is 12.7. The number of halogens is 6. The summed E-state index contributed by atoms with van der Waals surface area (Å²) < 4.78 is 86.3. The molecule has 0 N–H and O–H groups in total. The summed E-state index contributed by atoms with van der Waals surface area (Å²) >= 11 is 0. The number of alkyl halides is 6. The van der Waals surface area contributed by atoms with E-state index in [2.05, 4.69) is 0 Å². The lowest BCUT2D eigenvalue weighted by atomic mass is 10.0. The van der Waals surface area contributed by atoms with E-state index < -0.39 is 36.1 Å². The molecule has 0 aliphatic heterocycles. The number of hydrogen-bond acceptors (Lipinski definition) is 4. The van der Waals surface area contributed by atoms with E-state index in [4.69, 9.17) is 9.72 Å². The highest BCUT2D eigenvalue weighted by atomic mass is 19.4. The molecular formula is C31H29F6N3O2. The summed E-state index contributed by atoms with van der Waals surface area (Å²) in [6.07, 6.45) is -10.9. The van der Waals surface area contributed by atoms with Gasteiger partial charge in [-0.25, -0.2) is 9.78 Å². The number of anilines is 1. The summed E-state index contributed by atoms with van der Waals surface area (Å²) in [6, 6.07) is 20.1. The predicted molar refractivity (Wildman–Crippen MR) is 148 cm³/mol. The number of hydrogen-bond donors (Lipinski definition) is 0. The molecule has 1 amide bonds. The van der Waals surface area contributed by atoms with Crippen LogP contribution in [0.15, 0.2) is 78.9 Å². The maximum Gasteiger partial charge on any atom is 0.416 e. The van der Waals surface area contributed by atoms with Gasteiger partial charge in [-0.3, -0.25) is 4.90 Å². The molecule has 222 valence electrons. The molecule has 3 aromatic carbocycles. The Balaban J connectivity index is 1.78. The monoisotopic (exact) mass is 589 g/mol. The minimum absolute atomic E-state index is 0.0381. The van der Waals surface area contributed by atoms with Gasteiger partial charge in [0.05, 0.1) is 29.8 Å². The van der Waals surface area contributed by atoms with Crippen LogP contribution in [0.4, 0.5) is 37.0 Å². The van der Waals surface area contributed by atoms with E-state index in [0.29, 0.717) is 42.1 Å². The molecule has 0 unspecified atom stereocenters. The fourth-order valence-corrected chi connectivity index (χ4v) is 4.62. The number of pyridine rings is 1. The number of para-hydroxylation sites is 1. The lowest BCUT2D eigenvalue weighted by Gasteiger charge is -2.28. The number of rotatable bonds is 9. The summed E-state index contributed by atoms with van der Waals surface area (Å²) in [7, 11) is 0. The van der Waals surface area contributed by atoms with Crippen LogP contribution in [0.2, 0.25) is 0 Å². The zero-order chi connectivity index (χ0) is 30.5. The Hall–Kier alpha value is -4.28. The van der Waals surface area contributed by atoms with Gasteiger partial charge in [-0.15, -0.1) is 0 Å². The van der Waals surface area contributed by atoms with Crippen LogP contribution >= 0.6 is 0 Å². The van der Waals surface area contributed by atoms with Crippen molar-refractivity contribution in [3.63, 3.8) is 0 Å². The van der Waals surface area contributed by atoms with Crippen LogP contribution in [0.3, 0.4) is 0 Å². The third-order valence-corrected chi connectivity index (χ3v) is 6.59. The minimum Gasteiger partial charge on any atom is -0.450 e. The van der Waals surface area contributed by atoms with E-state index in [0.717, 1.165) is 15.8 Å². The summed E-state index contributed by atoms with van der Waals surface area (Å²) in [6.45, 7) is 3.76. The lowest BCUT2D eigenvalue weighted by molar-refractivity contribution is -0.143. The van der Waals surface area contributed by atoms with Gasteiger partial charge in [0.25, 0.3) is 0 Å². The fraction of sp³-hybridized carbons (Fsp3) is 0.290. The molecule has 4 rings (SSSR count). The minimum atomic E-state index is -5.01. The van der Waals surface area contributed by atoms with Crippen LogP contribution in [0.1, 0.15) is 41.7 Å². The van der Waals surface area contributed by atoms with Crippen molar-refractivity contribution in [2.75, 3.05) is 18.1 Å². The Morgan fingerprint density at radius 2 is 1.38 bits per heavy atom. The van der Waals surface area contributed by atoms with Crippen LogP contribution in [-0.4, -0.2) is 29.1 Å². The molecule has 1 aromatic heterocycles. The Bertz CT molecular complexity index is 1490. The number of ether oxygens (including phenoxy) is 1. The van der Waals surface area contributed by atoms with E-state index in [1.54, 1.807) is 6.92 Å². The Kier molecular flexibility index (Phi) is 9.28. The van der Waals surface area contributed by atoms with Gasteiger partial charge in [0, 0.05) is 30.6 Å². The van der Waals surface area contributed by atoms with Crippen LogP contribution in [0.25, 0.3) is 10.9 Å². The molecule has 0 fully saturated rings. The SMILES string of the molecule is CCOC(=O)N(Cc1cc(C(F)(F)F)cc(C(F)(F)F)c1)Cc1cc2ccccc2nc1N(CC)Cc1ccccc1. The van der Waals surface area contributed by atoms with Crippen molar-refractivity contribution in [1.29, 1.82) is 0 Å². The van der Waals surface area contributed by atoms with E-state index in [-0.39, 0.29) is 24.8 Å². The van der Waals surface area contributed by atoms with Gasteiger partial charge < -0.3 is 9.64 Å². The van der Waals surface area contributed by atoms with Gasteiger partial charge >= 0.3 is 18.4 Å². The maximum atomic E-state index is 13.5. The van der Waals surface area contributed by atoms with Crippen LogP contribution in [0, 0.1) is 0 Å². The van der Waals surface area contributed by atoms with E-state index in [1.165, 1.54) is 0 Å². The molecule has 0 saturated heterocycles. The first-order valence-corrected chi connectivity index (χ1v) is 13.3. The smallest absolute Gasteiger partial charge is 0.416 e. The zero-order valence-corrected chi connectivity index (χ0v) is 23.0. The molecule has 4 aromatic rings. The third kappa shape index (κ3) is 7.51. The van der Waals surface area contributed by atoms with Gasteiger partial charge in [-0.2, -0.15) is 26.3 Å². The number of amides is 1. The number of aromatic nitrogens is 1. The Labute approximate surface area is 239 Å². The summed E-state index contributed by atoms with van der Waals surface area (Å²) in [4.78, 5) is 21.0. The van der Waals surface area contributed by atoms with Crippen molar-refractivity contribution >= 4 is 22.8 Å². The fourth-order valence-electron chi connectivity index (χ4n) is 4.62. The van der Waals surface area contributed by atoms with Crippen molar-refractivity contribution in [2.45, 2.75) is 45.8 Å². The molecule has 5 nitrogen and oxygen atoms in total. The Morgan fingerprint density at radius 1 is 0.762 bits per heavy atom. The average molecular weight is 590 g/mol. The highest BCUT2D eigenvalue weighted by Gasteiger charge is 2.37. The number of fused-ring (bicyclic) bond motifs is 1. The van der Waals surface area contributed by atoms with Crippen molar-refractivity contribution in [3.8, 4) is 0 Å². The first kappa shape index (κ1) is 30.7. The van der Waals surface area contributed by atoms with Crippen LogP contribution in [0.5, 0.6) is 0 Å². The molecule has 11 heteroatoms. The maximum absolute atomic E-state index is 13.5. The summed E-state index contributed by atoms with van der Waals surface area (Å²) in [5.41, 5.74) is -0.989. The quantitative estimate of drug-likeness (QED) is 0.184. The lowest BCUT2D eigenvalue weighted by Crippen LogP contribution is -2.32. The van der Waals surface area contributed by atoms with Gasteiger partial charge in [0.1, 0.15) is 5.82 Å². The first-order chi connectivity index (χ1) is 19.9. The number of nitrogens with zero attached hydrogens (tertiary/aromatic N) is 3. The van der Waals surface area contributed by atoms with Gasteiger partial charge in [-0.05, 0) is 55.3 Å². The van der Waals surface area contributed by atoms with Crippen molar-refractivity contribution in [1.82, 2.24) is 9.88 Å². The largest absolute Gasteiger partial charge is 0.450 e. The van der Waals surface area contributed by atoms with Gasteiger partial charge in [0.2, 0.25) is 0 Å². The molecule has 0 bridgehead atoms. The van der Waals surface area contributed by atoms with Crippen molar-refractivity contribution < 1.29 is 35.9 Å². The molecule has 0 spiro atoms. The Morgan fingerprint density at radius 3 is 1.98 bits per heavy atom. The normalized spacial score (nSPS) is 11.9. The number of benzene rings is 3. The van der Waals surface area contributed by atoms with E-state index in [9.17, 15) is 31.1 Å². The molecule has 0 aliphatic rings. The molecule has 0 aliphatic carbocycles.